The summed E-state index contributed by atoms with van der Waals surface area (Å²) in [6, 6.07) is 16.8. The van der Waals surface area contributed by atoms with E-state index in [0.29, 0.717) is 68.1 Å². The molecule has 10 rings (SSSR count). The van der Waals surface area contributed by atoms with E-state index >= 15 is 0 Å². The van der Waals surface area contributed by atoms with Crippen LogP contribution in [0.15, 0.2) is 154 Å². The van der Waals surface area contributed by atoms with E-state index in [2.05, 4.69) is 49.6 Å². The number of nitrogens with zero attached hydrogens (tertiary/aromatic N) is 15. The molecule has 0 bridgehead atoms. The van der Waals surface area contributed by atoms with Gasteiger partial charge in [-0.2, -0.15) is 0 Å². The Balaban J connectivity index is 0.000000157. The summed E-state index contributed by atoms with van der Waals surface area (Å²) < 4.78 is 23.3. The smallest absolute Gasteiger partial charge is 0.336 e. The fourth-order valence-electron chi connectivity index (χ4n) is 7.58. The van der Waals surface area contributed by atoms with Gasteiger partial charge in [0.2, 0.25) is 0 Å². The van der Waals surface area contributed by atoms with Gasteiger partial charge in [0.1, 0.15) is 17.1 Å². The maximum Gasteiger partial charge on any atom is 0.336 e. The molecule has 3 atom stereocenters. The van der Waals surface area contributed by atoms with E-state index in [9.17, 15) is 43.2 Å². The van der Waals surface area contributed by atoms with Gasteiger partial charge in [-0.05, 0) is 36.4 Å². The first-order valence-corrected chi connectivity index (χ1v) is 25.0. The number of hydrogen-bond acceptors (Lipinski definition) is 21. The van der Waals surface area contributed by atoms with Crippen LogP contribution < -0.4 is 51.2 Å². The molecular weight excluding hydrogens is 1060 g/mol. The summed E-state index contributed by atoms with van der Waals surface area (Å²) in [6.45, 7) is 10.6. The number of allylic oxidation sites excluding steroid dienone is 3. The molecule has 3 aliphatic heterocycles. The third-order valence-corrected chi connectivity index (χ3v) is 11.7. The van der Waals surface area contributed by atoms with Crippen molar-refractivity contribution in [2.24, 2.45) is 0 Å². The number of pyridine rings is 3. The molecule has 0 radical (unpaired) electrons. The molecule has 3 saturated heterocycles. The van der Waals surface area contributed by atoms with Gasteiger partial charge in [-0.15, -0.1) is 19.7 Å². The molecule has 3 fully saturated rings. The number of rotatable bonds is 21. The van der Waals surface area contributed by atoms with Gasteiger partial charge in [-0.3, -0.25) is 15.0 Å². The zero-order valence-corrected chi connectivity index (χ0v) is 43.6. The first-order chi connectivity index (χ1) is 39.2. The first kappa shape index (κ1) is 59.3. The van der Waals surface area contributed by atoms with Crippen LogP contribution >= 0.6 is 0 Å². The summed E-state index contributed by atoms with van der Waals surface area (Å²) in [6.07, 6.45) is 9.02. The molecule has 0 aliphatic carbocycles. The Morgan fingerprint density at radius 3 is 0.827 bits per heavy atom. The fourth-order valence-corrected chi connectivity index (χ4v) is 7.58. The molecule has 3 unspecified atom stereocenters. The zero-order valence-electron chi connectivity index (χ0n) is 43.6. The lowest BCUT2D eigenvalue weighted by atomic mass is 10.3. The molecule has 0 saturated carbocycles. The monoisotopic (exact) mass is 1120 g/mol. The van der Waals surface area contributed by atoms with E-state index in [-0.39, 0.29) is 77.2 Å². The molecular formula is C51H57N15O15. The van der Waals surface area contributed by atoms with Gasteiger partial charge < -0.3 is 29.5 Å². The largest absolute Gasteiger partial charge is 0.395 e. The van der Waals surface area contributed by atoms with E-state index in [1.165, 1.54) is 18.2 Å². The van der Waals surface area contributed by atoms with Gasteiger partial charge in [0, 0.05) is 18.6 Å². The van der Waals surface area contributed by atoms with E-state index in [0.717, 1.165) is 27.4 Å². The number of epoxide rings is 3. The summed E-state index contributed by atoms with van der Waals surface area (Å²) in [4.78, 5) is 135. The minimum atomic E-state index is -0.887. The molecule has 30 heteroatoms. The molecule has 3 aliphatic rings. The fraction of sp³-hybridized carbons (Fsp3) is 0.353. The van der Waals surface area contributed by atoms with Crippen LogP contribution in [0.1, 0.15) is 0 Å². The Hall–Kier alpha value is -9.33. The number of aliphatic hydroxyl groups excluding tert-OH is 3. The molecule has 81 heavy (non-hydrogen) atoms. The van der Waals surface area contributed by atoms with E-state index < -0.39 is 71.0 Å². The van der Waals surface area contributed by atoms with Gasteiger partial charge in [0.25, 0.3) is 0 Å². The number of ether oxygens (including phenoxy) is 3. The van der Waals surface area contributed by atoms with Crippen LogP contribution in [0.5, 0.6) is 0 Å². The summed E-state index contributed by atoms with van der Waals surface area (Å²) in [7, 11) is 0. The molecule has 426 valence electrons. The average Bonchev–Trinajstić information content (AvgIpc) is 4.52. The Kier molecular flexibility index (Phi) is 20.5. The van der Waals surface area contributed by atoms with Gasteiger partial charge in [-0.25, -0.2) is 99.2 Å². The predicted octanol–water partition coefficient (Wildman–Crippen LogP) is -3.70. The van der Waals surface area contributed by atoms with Gasteiger partial charge in [0.15, 0.2) is 17.5 Å². The Bertz CT molecular complexity index is 3410. The van der Waals surface area contributed by atoms with E-state index in [1.54, 1.807) is 18.6 Å². The second-order valence-electron chi connectivity index (χ2n) is 17.5. The SMILES string of the molecule is C=CCn1c(=O)n(CC=C)c(=O)n(CC=C)c1=O.O=c1n(CC2CO2)c(=O)n(CC2CO2)c(=O)n1CC1CO1.O=c1n(CCO)c(=O)n(CCO)c(=O)n1CCO.c1ccc(-c2nc(-c3ccccn3)nc(-c3ccccn3)n2)nc1. The number of hydrogen-bond donors (Lipinski definition) is 3. The lowest BCUT2D eigenvalue weighted by Gasteiger charge is -2.12. The van der Waals surface area contributed by atoms with Crippen LogP contribution in [-0.2, 0) is 73.1 Å². The van der Waals surface area contributed by atoms with Gasteiger partial charge in [-0.1, -0.05) is 36.4 Å². The molecule has 10 heterocycles. The van der Waals surface area contributed by atoms with Crippen LogP contribution in [0.2, 0.25) is 0 Å². The van der Waals surface area contributed by atoms with Crippen LogP contribution in [0.25, 0.3) is 34.6 Å². The van der Waals surface area contributed by atoms with Crippen molar-refractivity contribution in [3.05, 3.63) is 206 Å². The highest BCUT2D eigenvalue weighted by Gasteiger charge is 2.32. The summed E-state index contributed by atoms with van der Waals surface area (Å²) in [5, 5.41) is 26.4. The van der Waals surface area contributed by atoms with Gasteiger partial charge in [0.05, 0.1) is 117 Å². The van der Waals surface area contributed by atoms with Crippen molar-refractivity contribution in [3.8, 4) is 34.6 Å². The second-order valence-corrected chi connectivity index (χ2v) is 17.5. The molecule has 30 nitrogen and oxygen atoms in total. The van der Waals surface area contributed by atoms with E-state index in [1.807, 2.05) is 54.6 Å². The summed E-state index contributed by atoms with van der Waals surface area (Å²) in [5.41, 5.74) is -4.40. The highest BCUT2D eigenvalue weighted by Crippen LogP contribution is 2.21. The quantitative estimate of drug-likeness (QED) is 0.0460. The normalized spacial score (nSPS) is 15.4. The van der Waals surface area contributed by atoms with Crippen LogP contribution in [0, 0.1) is 0 Å². The second kappa shape index (κ2) is 28.0. The minimum absolute atomic E-state index is 0.0478. The summed E-state index contributed by atoms with van der Waals surface area (Å²) >= 11 is 0. The van der Waals surface area contributed by atoms with Crippen molar-refractivity contribution in [2.45, 2.75) is 77.2 Å². The van der Waals surface area contributed by atoms with Crippen LogP contribution in [-0.4, -0.2) is 144 Å². The third-order valence-electron chi connectivity index (χ3n) is 11.7. The van der Waals surface area contributed by atoms with Crippen LogP contribution in [0.4, 0.5) is 0 Å². The Morgan fingerprint density at radius 2 is 0.630 bits per heavy atom. The number of aromatic nitrogens is 15. The Labute approximate surface area is 456 Å². The van der Waals surface area contributed by atoms with Crippen molar-refractivity contribution in [2.75, 3.05) is 39.6 Å². The van der Waals surface area contributed by atoms with Crippen molar-refractivity contribution < 1.29 is 29.5 Å². The highest BCUT2D eigenvalue weighted by molar-refractivity contribution is 5.61. The third kappa shape index (κ3) is 14.9. The molecule has 7 aromatic rings. The highest BCUT2D eigenvalue weighted by atomic mass is 16.6. The molecule has 7 aromatic heterocycles. The summed E-state index contributed by atoms with van der Waals surface area (Å²) in [5.74, 6) is 1.48. The number of aliphatic hydroxyl groups is 3. The van der Waals surface area contributed by atoms with Crippen molar-refractivity contribution in [1.82, 2.24) is 71.0 Å². The lowest BCUT2D eigenvalue weighted by Crippen LogP contribution is -2.55. The predicted molar refractivity (Wildman–Crippen MR) is 288 cm³/mol. The van der Waals surface area contributed by atoms with Crippen molar-refractivity contribution >= 4 is 0 Å². The van der Waals surface area contributed by atoms with Gasteiger partial charge >= 0.3 is 51.2 Å². The maximum absolute atomic E-state index is 12.4. The van der Waals surface area contributed by atoms with Crippen LogP contribution in [0.3, 0.4) is 0 Å². The Morgan fingerprint density at radius 1 is 0.395 bits per heavy atom. The molecule has 0 spiro atoms. The first-order valence-electron chi connectivity index (χ1n) is 25.0. The average molecular weight is 1120 g/mol. The lowest BCUT2D eigenvalue weighted by molar-refractivity contribution is 0.239. The molecule has 0 amide bonds. The van der Waals surface area contributed by atoms with Crippen molar-refractivity contribution in [1.29, 1.82) is 0 Å². The topological polar surface area (TPSA) is 374 Å². The standard InChI is InChI=1S/C18H12N6.C12H15N3O6.C12H15N3O3.C9H15N3O6/c1-4-10-19-13(7-1)16-22-17(14-8-2-5-11-20-14)24-18(23-16)15-9-3-6-12-21-15;16-10-13(1-7-4-19-7)11(17)15(3-9-6-21-9)12(18)14(10)2-8-5-20-8;1-4-7-13-10(16)14(8-5-2)12(18)15(9-6-3)11(13)17;13-4-1-10-7(16)11(2-5-14)9(18)12(3-6-15)8(10)17/h1-12H;7-9H,1-6H2;4-6H,1-3,7-9H2;13-15H,1-6H2. The van der Waals surface area contributed by atoms with Crippen molar-refractivity contribution in [3.63, 3.8) is 0 Å². The molecule has 0 aromatic carbocycles. The minimum Gasteiger partial charge on any atom is -0.395 e. The maximum atomic E-state index is 12.4. The van der Waals surface area contributed by atoms with E-state index in [4.69, 9.17) is 29.5 Å². The molecule has 3 N–H and O–H groups in total. The zero-order chi connectivity index (χ0) is 58.2.